The van der Waals surface area contributed by atoms with Crippen LogP contribution >= 0.6 is 0 Å². The predicted molar refractivity (Wildman–Crippen MR) is 57.7 cm³/mol. The Hall–Kier alpha value is -0.890. The van der Waals surface area contributed by atoms with E-state index in [1.807, 2.05) is 13.8 Å². The van der Waals surface area contributed by atoms with Gasteiger partial charge in [0.15, 0.2) is 0 Å². The summed E-state index contributed by atoms with van der Waals surface area (Å²) in [4.78, 5) is 0. The number of ether oxygens (including phenoxy) is 1. The summed E-state index contributed by atoms with van der Waals surface area (Å²) in [7, 11) is 0. The zero-order valence-corrected chi connectivity index (χ0v) is 9.22. The van der Waals surface area contributed by atoms with Crippen LogP contribution in [-0.4, -0.2) is 6.61 Å². The maximum absolute atomic E-state index is 12.4. The Morgan fingerprint density at radius 3 is 2.21 bits per heavy atom. The highest BCUT2D eigenvalue weighted by molar-refractivity contribution is 5.14. The monoisotopic (exact) mass is 198 g/mol. The quantitative estimate of drug-likeness (QED) is 0.669. The highest BCUT2D eigenvalue weighted by Crippen LogP contribution is 2.03. The van der Waals surface area contributed by atoms with E-state index in [4.69, 9.17) is 4.74 Å². The van der Waals surface area contributed by atoms with E-state index >= 15 is 0 Å². The predicted octanol–water partition coefficient (Wildman–Crippen LogP) is 3.78. The third kappa shape index (κ3) is 5.70. The van der Waals surface area contributed by atoms with E-state index in [1.165, 1.54) is 12.1 Å². The minimum absolute atomic E-state index is 0.200. The van der Waals surface area contributed by atoms with Gasteiger partial charge in [0.2, 0.25) is 0 Å². The lowest BCUT2D eigenvalue weighted by atomic mass is 10.2. The van der Waals surface area contributed by atoms with Crippen LogP contribution in [0.15, 0.2) is 24.3 Å². The van der Waals surface area contributed by atoms with Crippen molar-refractivity contribution in [2.75, 3.05) is 6.61 Å². The molecule has 1 aromatic rings. The standard InChI is InChI=1S/C10H13FO.C2H6/c1-2-7-12-8-9-3-5-10(11)6-4-9;1-2/h3-6H,2,7-8H2,1H3;1-2H3. The van der Waals surface area contributed by atoms with E-state index in [2.05, 4.69) is 6.92 Å². The first-order valence-corrected chi connectivity index (χ1v) is 5.15. The van der Waals surface area contributed by atoms with Crippen LogP contribution in [0.3, 0.4) is 0 Å². The molecule has 80 valence electrons. The summed E-state index contributed by atoms with van der Waals surface area (Å²) in [5.74, 6) is -0.200. The van der Waals surface area contributed by atoms with Crippen molar-refractivity contribution in [1.82, 2.24) is 0 Å². The van der Waals surface area contributed by atoms with Crippen LogP contribution in [0, 0.1) is 5.82 Å². The minimum Gasteiger partial charge on any atom is -0.377 e. The van der Waals surface area contributed by atoms with Gasteiger partial charge in [-0.05, 0) is 24.1 Å². The Labute approximate surface area is 85.9 Å². The van der Waals surface area contributed by atoms with E-state index in [-0.39, 0.29) is 5.82 Å². The van der Waals surface area contributed by atoms with E-state index in [0.717, 1.165) is 18.6 Å². The molecule has 0 bridgehead atoms. The second kappa shape index (κ2) is 8.70. The zero-order chi connectivity index (χ0) is 10.8. The van der Waals surface area contributed by atoms with Gasteiger partial charge < -0.3 is 4.74 Å². The molecule has 0 spiro atoms. The van der Waals surface area contributed by atoms with Gasteiger partial charge in [0.25, 0.3) is 0 Å². The summed E-state index contributed by atoms with van der Waals surface area (Å²) in [6.07, 6.45) is 1.02. The largest absolute Gasteiger partial charge is 0.377 e. The summed E-state index contributed by atoms with van der Waals surface area (Å²) in [5, 5.41) is 0. The Bertz CT molecular complexity index is 218. The molecule has 0 saturated heterocycles. The van der Waals surface area contributed by atoms with Gasteiger partial charge in [0.05, 0.1) is 6.61 Å². The van der Waals surface area contributed by atoms with Gasteiger partial charge in [-0.2, -0.15) is 0 Å². The van der Waals surface area contributed by atoms with Crippen LogP contribution in [0.4, 0.5) is 4.39 Å². The molecular formula is C12H19FO. The van der Waals surface area contributed by atoms with Crippen molar-refractivity contribution in [3.05, 3.63) is 35.6 Å². The van der Waals surface area contributed by atoms with Gasteiger partial charge in [-0.15, -0.1) is 0 Å². The summed E-state index contributed by atoms with van der Waals surface area (Å²) in [6, 6.07) is 6.38. The van der Waals surface area contributed by atoms with E-state index < -0.39 is 0 Å². The third-order valence-corrected chi connectivity index (χ3v) is 1.53. The van der Waals surface area contributed by atoms with E-state index in [0.29, 0.717) is 6.61 Å². The molecule has 0 amide bonds. The first kappa shape index (κ1) is 13.1. The van der Waals surface area contributed by atoms with Crippen molar-refractivity contribution in [2.45, 2.75) is 33.8 Å². The van der Waals surface area contributed by atoms with Crippen molar-refractivity contribution in [2.24, 2.45) is 0 Å². The molecule has 0 heterocycles. The molecule has 0 unspecified atom stereocenters. The Kier molecular flexibility index (Phi) is 8.14. The second-order valence-corrected chi connectivity index (χ2v) is 2.68. The zero-order valence-electron chi connectivity index (χ0n) is 9.22. The molecule has 2 heteroatoms. The van der Waals surface area contributed by atoms with Gasteiger partial charge in [0, 0.05) is 6.61 Å². The van der Waals surface area contributed by atoms with Crippen LogP contribution < -0.4 is 0 Å². The normalized spacial score (nSPS) is 9.14. The van der Waals surface area contributed by atoms with E-state index in [9.17, 15) is 4.39 Å². The lowest BCUT2D eigenvalue weighted by molar-refractivity contribution is 0.121. The summed E-state index contributed by atoms with van der Waals surface area (Å²) in [6.45, 7) is 7.40. The van der Waals surface area contributed by atoms with Crippen molar-refractivity contribution < 1.29 is 9.13 Å². The Morgan fingerprint density at radius 2 is 1.71 bits per heavy atom. The van der Waals surface area contributed by atoms with Gasteiger partial charge in [-0.1, -0.05) is 32.9 Å². The maximum atomic E-state index is 12.4. The van der Waals surface area contributed by atoms with Crippen molar-refractivity contribution in [1.29, 1.82) is 0 Å². The van der Waals surface area contributed by atoms with Crippen molar-refractivity contribution in [3.8, 4) is 0 Å². The van der Waals surface area contributed by atoms with Crippen LogP contribution in [0.2, 0.25) is 0 Å². The maximum Gasteiger partial charge on any atom is 0.123 e. The number of hydrogen-bond acceptors (Lipinski definition) is 1. The molecule has 14 heavy (non-hydrogen) atoms. The summed E-state index contributed by atoms with van der Waals surface area (Å²) >= 11 is 0. The van der Waals surface area contributed by atoms with Gasteiger partial charge in [0.1, 0.15) is 5.82 Å². The van der Waals surface area contributed by atoms with Gasteiger partial charge >= 0.3 is 0 Å². The molecule has 1 nitrogen and oxygen atoms in total. The van der Waals surface area contributed by atoms with Crippen LogP contribution in [0.5, 0.6) is 0 Å². The van der Waals surface area contributed by atoms with E-state index in [1.54, 1.807) is 12.1 Å². The molecule has 0 atom stereocenters. The fraction of sp³-hybridized carbons (Fsp3) is 0.500. The average Bonchev–Trinajstić information content (AvgIpc) is 2.24. The molecule has 0 aliphatic rings. The molecule has 1 aromatic carbocycles. The Morgan fingerprint density at radius 1 is 1.14 bits per heavy atom. The van der Waals surface area contributed by atoms with Gasteiger partial charge in [-0.3, -0.25) is 0 Å². The smallest absolute Gasteiger partial charge is 0.123 e. The fourth-order valence-electron chi connectivity index (χ4n) is 0.915. The van der Waals surface area contributed by atoms with Crippen LogP contribution in [0.25, 0.3) is 0 Å². The molecule has 0 fully saturated rings. The fourth-order valence-corrected chi connectivity index (χ4v) is 0.915. The Balaban J connectivity index is 0.000000791. The number of halogens is 1. The number of hydrogen-bond donors (Lipinski definition) is 0. The van der Waals surface area contributed by atoms with Crippen LogP contribution in [-0.2, 0) is 11.3 Å². The SMILES string of the molecule is CC.CCCOCc1ccc(F)cc1. The number of benzene rings is 1. The highest BCUT2D eigenvalue weighted by atomic mass is 19.1. The number of rotatable bonds is 4. The molecule has 0 N–H and O–H groups in total. The lowest BCUT2D eigenvalue weighted by Crippen LogP contribution is -1.93. The highest BCUT2D eigenvalue weighted by Gasteiger charge is 1.92. The molecule has 0 aliphatic heterocycles. The third-order valence-electron chi connectivity index (χ3n) is 1.53. The van der Waals surface area contributed by atoms with Crippen LogP contribution in [0.1, 0.15) is 32.8 Å². The second-order valence-electron chi connectivity index (χ2n) is 2.68. The molecular weight excluding hydrogens is 179 g/mol. The molecule has 0 radical (unpaired) electrons. The average molecular weight is 198 g/mol. The lowest BCUT2D eigenvalue weighted by Gasteiger charge is -2.01. The first-order chi connectivity index (χ1) is 6.83. The molecule has 0 aromatic heterocycles. The van der Waals surface area contributed by atoms with Crippen molar-refractivity contribution in [3.63, 3.8) is 0 Å². The molecule has 0 saturated carbocycles. The summed E-state index contributed by atoms with van der Waals surface area (Å²) < 4.78 is 17.7. The molecule has 1 rings (SSSR count). The van der Waals surface area contributed by atoms with Crippen molar-refractivity contribution >= 4 is 0 Å². The van der Waals surface area contributed by atoms with Gasteiger partial charge in [-0.25, -0.2) is 4.39 Å². The summed E-state index contributed by atoms with van der Waals surface area (Å²) in [5.41, 5.74) is 1.02. The molecule has 0 aliphatic carbocycles. The minimum atomic E-state index is -0.200. The topological polar surface area (TPSA) is 9.23 Å². The first-order valence-electron chi connectivity index (χ1n) is 5.15.